The van der Waals surface area contributed by atoms with Gasteiger partial charge in [-0.05, 0) is 63.3 Å². The Morgan fingerprint density at radius 3 is 1.89 bits per heavy atom. The van der Waals surface area contributed by atoms with Crippen LogP contribution >= 0.6 is 0 Å². The Balaban J connectivity index is 1.19. The van der Waals surface area contributed by atoms with Gasteiger partial charge in [0.05, 0.1) is 27.8 Å². The van der Waals surface area contributed by atoms with Crippen LogP contribution in [-0.2, 0) is 0 Å². The van der Waals surface area contributed by atoms with E-state index < -0.39 is 0 Å². The minimum absolute atomic E-state index is 0.605. The van der Waals surface area contributed by atoms with Crippen molar-refractivity contribution >= 4 is 98.0 Å². The molecule has 0 amide bonds. The highest BCUT2D eigenvalue weighted by Gasteiger charge is 2.25. The topological polar surface area (TPSA) is 48.8 Å². The van der Waals surface area contributed by atoms with Crippen molar-refractivity contribution < 1.29 is 4.42 Å². The number of para-hydroxylation sites is 3. The molecule has 0 saturated heterocycles. The van der Waals surface area contributed by atoms with E-state index in [0.29, 0.717) is 11.5 Å². The van der Waals surface area contributed by atoms with E-state index in [1.165, 1.54) is 54.1 Å². The molecule has 0 bridgehead atoms. The fourth-order valence-corrected chi connectivity index (χ4v) is 9.36. The SMILES string of the molecule is c1ccc(-c2nc(-n3c4ccccc4c4c3ccc3c5ccccc5n(-c5ccc6ccc7cccc8ccc5c6c78)c34)nc3c2oc2ccccc23)cc1. The van der Waals surface area contributed by atoms with E-state index in [4.69, 9.17) is 14.4 Å². The first-order valence-electron chi connectivity index (χ1n) is 18.7. The summed E-state index contributed by atoms with van der Waals surface area (Å²) in [5.74, 6) is 0.605. The maximum atomic E-state index is 6.48. The lowest BCUT2D eigenvalue weighted by Gasteiger charge is -2.16. The van der Waals surface area contributed by atoms with Gasteiger partial charge >= 0.3 is 0 Å². The van der Waals surface area contributed by atoms with Gasteiger partial charge in [0, 0.05) is 37.9 Å². The molecule has 0 fully saturated rings. The second kappa shape index (κ2) is 10.6. The molecule has 0 spiro atoms. The standard InChI is InChI=1S/C50H28N4O/c1-2-11-32(12-3-1)46-49-47(37-17-6-9-20-42(37)55-49)52-50(51-46)54-39-19-8-5-16-35(39)45-41(54)28-26-34-33-15-4-7-18-38(33)53(48(34)45)40-27-24-31-22-21-29-13-10-14-30-23-25-36(40)44(31)43(29)30/h1-28H. The highest BCUT2D eigenvalue weighted by molar-refractivity contribution is 6.28. The third-order valence-electron chi connectivity index (χ3n) is 11.7. The van der Waals surface area contributed by atoms with Crippen LogP contribution in [0.4, 0.5) is 0 Å². The largest absolute Gasteiger partial charge is 0.452 e. The Hall–Kier alpha value is -7.50. The maximum Gasteiger partial charge on any atom is 0.236 e. The van der Waals surface area contributed by atoms with E-state index in [1.807, 2.05) is 36.4 Å². The number of hydrogen-bond donors (Lipinski definition) is 0. The molecule has 0 aliphatic rings. The van der Waals surface area contributed by atoms with E-state index in [-0.39, 0.29) is 0 Å². The average Bonchev–Trinajstić information content (AvgIpc) is 3.90. The number of aromatic nitrogens is 4. The molecule has 254 valence electrons. The van der Waals surface area contributed by atoms with Gasteiger partial charge < -0.3 is 8.98 Å². The van der Waals surface area contributed by atoms with Gasteiger partial charge in [0.1, 0.15) is 16.8 Å². The monoisotopic (exact) mass is 700 g/mol. The first-order valence-corrected chi connectivity index (χ1v) is 18.7. The molecule has 0 N–H and O–H groups in total. The first-order chi connectivity index (χ1) is 27.3. The molecule has 4 aromatic heterocycles. The van der Waals surface area contributed by atoms with Gasteiger partial charge in [0.2, 0.25) is 5.95 Å². The number of hydrogen-bond acceptors (Lipinski definition) is 3. The molecule has 0 aliphatic heterocycles. The van der Waals surface area contributed by atoms with Crippen molar-refractivity contribution in [1.29, 1.82) is 0 Å². The van der Waals surface area contributed by atoms with Crippen LogP contribution in [0, 0.1) is 0 Å². The molecule has 9 aromatic carbocycles. The van der Waals surface area contributed by atoms with Crippen molar-refractivity contribution in [2.24, 2.45) is 0 Å². The van der Waals surface area contributed by atoms with Crippen molar-refractivity contribution in [3.63, 3.8) is 0 Å². The van der Waals surface area contributed by atoms with Crippen LogP contribution in [0.5, 0.6) is 0 Å². The second-order valence-electron chi connectivity index (χ2n) is 14.5. The van der Waals surface area contributed by atoms with E-state index in [2.05, 4.69) is 143 Å². The van der Waals surface area contributed by atoms with Crippen LogP contribution in [0.1, 0.15) is 0 Å². The van der Waals surface area contributed by atoms with Crippen molar-refractivity contribution in [2.45, 2.75) is 0 Å². The molecule has 5 nitrogen and oxygen atoms in total. The molecule has 0 atom stereocenters. The number of nitrogens with zero attached hydrogens (tertiary/aromatic N) is 4. The highest BCUT2D eigenvalue weighted by atomic mass is 16.3. The predicted molar refractivity (Wildman–Crippen MR) is 227 cm³/mol. The Kier molecular flexibility index (Phi) is 5.57. The Labute approximate surface area is 313 Å². The minimum Gasteiger partial charge on any atom is -0.452 e. The summed E-state index contributed by atoms with van der Waals surface area (Å²) < 4.78 is 11.2. The minimum atomic E-state index is 0.605. The first kappa shape index (κ1) is 29.0. The van der Waals surface area contributed by atoms with Crippen LogP contribution in [0.25, 0.3) is 121 Å². The fourth-order valence-electron chi connectivity index (χ4n) is 9.36. The summed E-state index contributed by atoms with van der Waals surface area (Å²) in [7, 11) is 0. The Morgan fingerprint density at radius 1 is 0.400 bits per heavy atom. The summed E-state index contributed by atoms with van der Waals surface area (Å²) in [6.07, 6.45) is 0. The lowest BCUT2D eigenvalue weighted by molar-refractivity contribution is 0.666. The lowest BCUT2D eigenvalue weighted by Crippen LogP contribution is -2.03. The third-order valence-corrected chi connectivity index (χ3v) is 11.7. The Morgan fingerprint density at radius 2 is 1.05 bits per heavy atom. The molecule has 0 radical (unpaired) electrons. The molecule has 4 heterocycles. The van der Waals surface area contributed by atoms with Gasteiger partial charge in [-0.2, -0.15) is 0 Å². The van der Waals surface area contributed by atoms with E-state index >= 15 is 0 Å². The van der Waals surface area contributed by atoms with E-state index in [0.717, 1.165) is 55.2 Å². The van der Waals surface area contributed by atoms with Crippen LogP contribution < -0.4 is 0 Å². The summed E-state index contributed by atoms with van der Waals surface area (Å²) in [5, 5.41) is 13.3. The quantitative estimate of drug-likeness (QED) is 0.172. The summed E-state index contributed by atoms with van der Waals surface area (Å²) in [6.45, 7) is 0. The van der Waals surface area contributed by atoms with Crippen LogP contribution in [0.3, 0.4) is 0 Å². The van der Waals surface area contributed by atoms with Crippen LogP contribution in [0.15, 0.2) is 174 Å². The molecular formula is C50H28N4O. The summed E-state index contributed by atoms with van der Waals surface area (Å²) in [5.41, 5.74) is 9.62. The Bertz CT molecular complexity index is 3700. The van der Waals surface area contributed by atoms with E-state index in [1.54, 1.807) is 0 Å². The molecule has 0 unspecified atom stereocenters. The van der Waals surface area contributed by atoms with Crippen LogP contribution in [-0.4, -0.2) is 19.1 Å². The van der Waals surface area contributed by atoms with Crippen molar-refractivity contribution in [3.05, 3.63) is 170 Å². The number of fused-ring (bicyclic) bond motifs is 10. The number of furan rings is 1. The second-order valence-corrected chi connectivity index (χ2v) is 14.5. The third kappa shape index (κ3) is 3.81. The smallest absolute Gasteiger partial charge is 0.236 e. The molecular weight excluding hydrogens is 673 g/mol. The number of rotatable bonds is 3. The van der Waals surface area contributed by atoms with E-state index in [9.17, 15) is 0 Å². The predicted octanol–water partition coefficient (Wildman–Crippen LogP) is 13.1. The molecule has 55 heavy (non-hydrogen) atoms. The molecule has 13 rings (SSSR count). The zero-order chi connectivity index (χ0) is 35.8. The van der Waals surface area contributed by atoms with Crippen LogP contribution in [0.2, 0.25) is 0 Å². The summed E-state index contributed by atoms with van der Waals surface area (Å²) in [6, 6.07) is 60.7. The van der Waals surface area contributed by atoms with Crippen molar-refractivity contribution in [1.82, 2.24) is 19.1 Å². The summed E-state index contributed by atoms with van der Waals surface area (Å²) >= 11 is 0. The fraction of sp³-hybridized carbons (Fsp3) is 0. The van der Waals surface area contributed by atoms with Gasteiger partial charge in [-0.3, -0.25) is 4.57 Å². The van der Waals surface area contributed by atoms with Crippen molar-refractivity contribution in [2.75, 3.05) is 0 Å². The van der Waals surface area contributed by atoms with Gasteiger partial charge in [0.25, 0.3) is 0 Å². The molecule has 5 heteroatoms. The van der Waals surface area contributed by atoms with Gasteiger partial charge in [-0.25, -0.2) is 9.97 Å². The molecule has 0 saturated carbocycles. The maximum absolute atomic E-state index is 6.48. The average molecular weight is 701 g/mol. The summed E-state index contributed by atoms with van der Waals surface area (Å²) in [4.78, 5) is 10.7. The molecule has 0 aliphatic carbocycles. The van der Waals surface area contributed by atoms with Crippen molar-refractivity contribution in [3.8, 4) is 22.9 Å². The van der Waals surface area contributed by atoms with Gasteiger partial charge in [-0.1, -0.05) is 133 Å². The lowest BCUT2D eigenvalue weighted by atomic mass is 9.93. The van der Waals surface area contributed by atoms with Gasteiger partial charge in [0.15, 0.2) is 5.58 Å². The molecule has 13 aromatic rings. The highest BCUT2D eigenvalue weighted by Crippen LogP contribution is 2.45. The number of benzene rings is 9. The normalized spacial score (nSPS) is 12.4. The zero-order valence-corrected chi connectivity index (χ0v) is 29.4. The zero-order valence-electron chi connectivity index (χ0n) is 29.4. The van der Waals surface area contributed by atoms with Gasteiger partial charge in [-0.15, -0.1) is 0 Å².